The van der Waals surface area contributed by atoms with E-state index < -0.39 is 4.92 Å². The molecular formula is C16H17N3O3S. The van der Waals surface area contributed by atoms with Crippen LogP contribution in [0.15, 0.2) is 47.4 Å². The molecule has 2 aromatic rings. The minimum Gasteiger partial charge on any atom is -0.399 e. The topological polar surface area (TPSA) is 98.3 Å². The number of carbonyl (C=O) groups excluding carboxylic acids is 1. The smallest absolute Gasteiger partial charge is 0.271 e. The maximum absolute atomic E-state index is 12.3. The zero-order chi connectivity index (χ0) is 17.0. The van der Waals surface area contributed by atoms with Crippen LogP contribution in [0, 0.1) is 17.0 Å². The fraction of sp³-hybridized carbons (Fsp3) is 0.188. The highest BCUT2D eigenvalue weighted by Gasteiger charge is 2.17. The number of nitrogens with two attached hydrogens (primary N) is 1. The van der Waals surface area contributed by atoms with E-state index in [4.69, 9.17) is 5.73 Å². The van der Waals surface area contributed by atoms with E-state index in [9.17, 15) is 14.9 Å². The fourth-order valence-electron chi connectivity index (χ4n) is 1.94. The molecule has 120 valence electrons. The predicted molar refractivity (Wildman–Crippen MR) is 92.6 cm³/mol. The number of anilines is 2. The number of benzene rings is 2. The van der Waals surface area contributed by atoms with Crippen LogP contribution in [-0.4, -0.2) is 16.1 Å². The number of thioether (sulfide) groups is 1. The first-order valence-corrected chi connectivity index (χ1v) is 7.83. The third kappa shape index (κ3) is 4.46. The van der Waals surface area contributed by atoms with Crippen LogP contribution in [0.25, 0.3) is 0 Å². The van der Waals surface area contributed by atoms with Crippen molar-refractivity contribution < 1.29 is 9.72 Å². The first-order valence-electron chi connectivity index (χ1n) is 6.95. The standard InChI is InChI=1S/C16H17N3O3S/c1-10-6-7-13(19(21)22)9-15(10)18-16(20)11(2)23-14-5-3-4-12(17)8-14/h3-9,11H,17H2,1-2H3,(H,18,20). The van der Waals surface area contributed by atoms with Crippen molar-refractivity contribution >= 4 is 34.7 Å². The van der Waals surface area contributed by atoms with Gasteiger partial charge in [-0.2, -0.15) is 0 Å². The van der Waals surface area contributed by atoms with Crippen molar-refractivity contribution in [2.45, 2.75) is 24.0 Å². The molecule has 0 heterocycles. The summed E-state index contributed by atoms with van der Waals surface area (Å²) < 4.78 is 0. The number of carbonyl (C=O) groups is 1. The van der Waals surface area contributed by atoms with E-state index in [1.165, 1.54) is 23.9 Å². The summed E-state index contributed by atoms with van der Waals surface area (Å²) in [6, 6.07) is 11.7. The Hall–Kier alpha value is -2.54. The molecule has 2 aromatic carbocycles. The third-order valence-corrected chi connectivity index (χ3v) is 4.32. The molecule has 0 aliphatic heterocycles. The Kier molecular flexibility index (Phi) is 5.23. The molecule has 0 saturated carbocycles. The summed E-state index contributed by atoms with van der Waals surface area (Å²) in [6.07, 6.45) is 0. The molecular weight excluding hydrogens is 314 g/mol. The summed E-state index contributed by atoms with van der Waals surface area (Å²) >= 11 is 1.38. The minimum absolute atomic E-state index is 0.0537. The van der Waals surface area contributed by atoms with Gasteiger partial charge in [-0.3, -0.25) is 14.9 Å². The molecule has 1 unspecified atom stereocenters. The molecule has 0 aliphatic rings. The first kappa shape index (κ1) is 16.8. The van der Waals surface area contributed by atoms with Gasteiger partial charge < -0.3 is 11.1 Å². The van der Waals surface area contributed by atoms with E-state index in [2.05, 4.69) is 5.32 Å². The van der Waals surface area contributed by atoms with Gasteiger partial charge in [-0.15, -0.1) is 11.8 Å². The lowest BCUT2D eigenvalue weighted by Crippen LogP contribution is -2.22. The molecule has 0 aliphatic carbocycles. The number of nitro groups is 1. The lowest BCUT2D eigenvalue weighted by Gasteiger charge is -2.13. The molecule has 6 nitrogen and oxygen atoms in total. The van der Waals surface area contributed by atoms with Gasteiger partial charge in [0.25, 0.3) is 5.69 Å². The van der Waals surface area contributed by atoms with Gasteiger partial charge in [-0.05, 0) is 37.6 Å². The molecule has 0 aromatic heterocycles. The number of hydrogen-bond donors (Lipinski definition) is 2. The molecule has 0 radical (unpaired) electrons. The fourth-order valence-corrected chi connectivity index (χ4v) is 2.87. The van der Waals surface area contributed by atoms with Crippen molar-refractivity contribution in [3.8, 4) is 0 Å². The summed E-state index contributed by atoms with van der Waals surface area (Å²) in [6.45, 7) is 3.56. The van der Waals surface area contributed by atoms with Crippen LogP contribution >= 0.6 is 11.8 Å². The van der Waals surface area contributed by atoms with Crippen LogP contribution in [0.5, 0.6) is 0 Å². The molecule has 0 spiro atoms. The van der Waals surface area contributed by atoms with E-state index in [0.29, 0.717) is 11.4 Å². The van der Waals surface area contributed by atoms with Gasteiger partial charge in [0.1, 0.15) is 0 Å². The SMILES string of the molecule is Cc1ccc([N+](=O)[O-])cc1NC(=O)C(C)Sc1cccc(N)c1. The van der Waals surface area contributed by atoms with Crippen molar-refractivity contribution in [1.82, 2.24) is 0 Å². The molecule has 1 atom stereocenters. The number of nitrogens with zero attached hydrogens (tertiary/aromatic N) is 1. The van der Waals surface area contributed by atoms with Gasteiger partial charge in [-0.1, -0.05) is 12.1 Å². The average molecular weight is 331 g/mol. The summed E-state index contributed by atoms with van der Waals surface area (Å²) in [5, 5.41) is 13.2. The normalized spacial score (nSPS) is 11.7. The number of nitrogen functional groups attached to an aromatic ring is 1. The highest BCUT2D eigenvalue weighted by Crippen LogP contribution is 2.27. The Morgan fingerprint density at radius 1 is 1.30 bits per heavy atom. The van der Waals surface area contributed by atoms with Crippen molar-refractivity contribution in [2.24, 2.45) is 0 Å². The van der Waals surface area contributed by atoms with Crippen LogP contribution in [0.2, 0.25) is 0 Å². The molecule has 23 heavy (non-hydrogen) atoms. The number of rotatable bonds is 5. The van der Waals surface area contributed by atoms with Crippen LogP contribution in [0.1, 0.15) is 12.5 Å². The second kappa shape index (κ2) is 7.15. The Bertz CT molecular complexity index is 749. The third-order valence-electron chi connectivity index (χ3n) is 3.23. The van der Waals surface area contributed by atoms with Gasteiger partial charge in [0.05, 0.1) is 15.9 Å². The molecule has 7 heteroatoms. The Morgan fingerprint density at radius 3 is 2.70 bits per heavy atom. The molecule has 0 fully saturated rings. The van der Waals surface area contributed by atoms with E-state index in [0.717, 1.165) is 10.5 Å². The van der Waals surface area contributed by atoms with Gasteiger partial charge in [0, 0.05) is 22.7 Å². The van der Waals surface area contributed by atoms with Gasteiger partial charge in [0.15, 0.2) is 0 Å². The molecule has 2 rings (SSSR count). The highest BCUT2D eigenvalue weighted by molar-refractivity contribution is 8.00. The van der Waals surface area contributed by atoms with Crippen molar-refractivity contribution in [3.63, 3.8) is 0 Å². The number of aryl methyl sites for hydroxylation is 1. The summed E-state index contributed by atoms with van der Waals surface area (Å²) in [5.74, 6) is -0.221. The molecule has 1 amide bonds. The second-order valence-electron chi connectivity index (χ2n) is 5.08. The van der Waals surface area contributed by atoms with Crippen molar-refractivity contribution in [2.75, 3.05) is 11.1 Å². The maximum Gasteiger partial charge on any atom is 0.271 e. The van der Waals surface area contributed by atoms with E-state index in [-0.39, 0.29) is 16.8 Å². The van der Waals surface area contributed by atoms with Crippen LogP contribution in [0.4, 0.5) is 17.1 Å². The van der Waals surface area contributed by atoms with Crippen LogP contribution < -0.4 is 11.1 Å². The van der Waals surface area contributed by atoms with Crippen LogP contribution in [0.3, 0.4) is 0 Å². The van der Waals surface area contributed by atoms with Crippen LogP contribution in [-0.2, 0) is 4.79 Å². The second-order valence-corrected chi connectivity index (χ2v) is 6.49. The Morgan fingerprint density at radius 2 is 2.04 bits per heavy atom. The monoisotopic (exact) mass is 331 g/mol. The van der Waals surface area contributed by atoms with Gasteiger partial charge in [0.2, 0.25) is 5.91 Å². The highest BCUT2D eigenvalue weighted by atomic mass is 32.2. The molecule has 0 saturated heterocycles. The lowest BCUT2D eigenvalue weighted by molar-refractivity contribution is -0.384. The van der Waals surface area contributed by atoms with Crippen molar-refractivity contribution in [3.05, 3.63) is 58.1 Å². The zero-order valence-corrected chi connectivity index (χ0v) is 13.6. The quantitative estimate of drug-likeness (QED) is 0.377. The Balaban J connectivity index is 2.09. The maximum atomic E-state index is 12.3. The lowest BCUT2D eigenvalue weighted by atomic mass is 10.2. The number of nitrogens with one attached hydrogen (secondary N) is 1. The summed E-state index contributed by atoms with van der Waals surface area (Å²) in [5.41, 5.74) is 7.52. The molecule has 0 bridgehead atoms. The summed E-state index contributed by atoms with van der Waals surface area (Å²) in [4.78, 5) is 23.5. The number of amides is 1. The first-order chi connectivity index (χ1) is 10.9. The average Bonchev–Trinajstić information content (AvgIpc) is 2.49. The van der Waals surface area contributed by atoms with Gasteiger partial charge >= 0.3 is 0 Å². The minimum atomic E-state index is -0.486. The number of nitro benzene ring substituents is 1. The number of hydrogen-bond acceptors (Lipinski definition) is 5. The Labute approximate surface area is 138 Å². The number of non-ortho nitro benzene ring substituents is 1. The largest absolute Gasteiger partial charge is 0.399 e. The zero-order valence-electron chi connectivity index (χ0n) is 12.8. The van der Waals surface area contributed by atoms with E-state index >= 15 is 0 Å². The van der Waals surface area contributed by atoms with E-state index in [1.54, 1.807) is 32.0 Å². The molecule has 3 N–H and O–H groups in total. The predicted octanol–water partition coefficient (Wildman–Crippen LogP) is 3.60. The van der Waals surface area contributed by atoms with Gasteiger partial charge in [-0.25, -0.2) is 0 Å². The van der Waals surface area contributed by atoms with Crippen molar-refractivity contribution in [1.29, 1.82) is 0 Å². The van der Waals surface area contributed by atoms with E-state index in [1.807, 2.05) is 12.1 Å². The summed E-state index contributed by atoms with van der Waals surface area (Å²) in [7, 11) is 0.